The maximum absolute atomic E-state index is 2.43. The fraction of sp³-hybridized carbons (Fsp3) is 0. The van der Waals surface area contributed by atoms with Crippen LogP contribution >= 0.6 is 0 Å². The van der Waals surface area contributed by atoms with Crippen molar-refractivity contribution < 1.29 is 0 Å². The average molecular weight is 713 g/mol. The van der Waals surface area contributed by atoms with Gasteiger partial charge in [0.25, 0.3) is 0 Å². The molecule has 2 heteroatoms. The minimum atomic E-state index is 1.15. The van der Waals surface area contributed by atoms with Crippen molar-refractivity contribution >= 4 is 43.6 Å². The minimum Gasteiger partial charge on any atom is -0.309 e. The van der Waals surface area contributed by atoms with Gasteiger partial charge in [-0.1, -0.05) is 158 Å². The van der Waals surface area contributed by atoms with Crippen LogP contribution in [0.3, 0.4) is 0 Å². The summed E-state index contributed by atoms with van der Waals surface area (Å²) in [6, 6.07) is 79.4. The zero-order chi connectivity index (χ0) is 37.0. The molecule has 11 rings (SSSR count). The molecule has 0 spiro atoms. The van der Waals surface area contributed by atoms with Crippen molar-refractivity contribution in [1.29, 1.82) is 0 Å². The Kier molecular flexibility index (Phi) is 7.53. The molecule has 56 heavy (non-hydrogen) atoms. The summed E-state index contributed by atoms with van der Waals surface area (Å²) in [5.41, 5.74) is 16.8. The van der Waals surface area contributed by atoms with E-state index < -0.39 is 0 Å². The lowest BCUT2D eigenvalue weighted by Crippen LogP contribution is -1.94. The highest BCUT2D eigenvalue weighted by Crippen LogP contribution is 2.42. The lowest BCUT2D eigenvalue weighted by atomic mass is 9.98. The second kappa shape index (κ2) is 13.2. The topological polar surface area (TPSA) is 9.86 Å². The van der Waals surface area contributed by atoms with Crippen LogP contribution in [0.25, 0.3) is 99.5 Å². The van der Waals surface area contributed by atoms with Crippen LogP contribution in [-0.4, -0.2) is 9.13 Å². The van der Waals surface area contributed by atoms with Gasteiger partial charge < -0.3 is 9.13 Å². The Balaban J connectivity index is 1.13. The second-order valence-electron chi connectivity index (χ2n) is 14.6. The molecule has 0 aliphatic carbocycles. The van der Waals surface area contributed by atoms with Crippen LogP contribution in [0.4, 0.5) is 0 Å². The Labute approximate surface area is 325 Å². The van der Waals surface area contributed by atoms with Gasteiger partial charge in [-0.2, -0.15) is 0 Å². The van der Waals surface area contributed by atoms with Crippen LogP contribution in [0.5, 0.6) is 0 Å². The van der Waals surface area contributed by atoms with Gasteiger partial charge in [0.2, 0.25) is 0 Å². The van der Waals surface area contributed by atoms with E-state index in [1.165, 1.54) is 88.1 Å². The van der Waals surface area contributed by atoms with Crippen molar-refractivity contribution in [2.75, 3.05) is 0 Å². The Bertz CT molecular complexity index is 2950. The van der Waals surface area contributed by atoms with Crippen LogP contribution < -0.4 is 0 Å². The number of aromatic nitrogens is 2. The second-order valence-corrected chi connectivity index (χ2v) is 14.6. The third-order valence-electron chi connectivity index (χ3n) is 11.3. The van der Waals surface area contributed by atoms with Crippen molar-refractivity contribution in [1.82, 2.24) is 9.13 Å². The highest BCUT2D eigenvalue weighted by atomic mass is 15.0. The molecule has 0 radical (unpaired) electrons. The van der Waals surface area contributed by atoms with Crippen LogP contribution in [0.15, 0.2) is 218 Å². The molecular formula is C54H36N2. The highest BCUT2D eigenvalue weighted by molar-refractivity contribution is 6.20. The normalized spacial score (nSPS) is 11.6. The molecule has 0 amide bonds. The number of para-hydroxylation sites is 2. The summed E-state index contributed by atoms with van der Waals surface area (Å²) in [7, 11) is 0. The van der Waals surface area contributed by atoms with Gasteiger partial charge in [-0.05, 0) is 105 Å². The first-order valence-corrected chi connectivity index (χ1v) is 19.3. The number of fused-ring (bicyclic) bond motifs is 6. The average Bonchev–Trinajstić information content (AvgIpc) is 3.78. The minimum absolute atomic E-state index is 1.15. The Morgan fingerprint density at radius 2 is 0.464 bits per heavy atom. The molecule has 2 nitrogen and oxygen atoms in total. The van der Waals surface area contributed by atoms with Gasteiger partial charge in [-0.3, -0.25) is 0 Å². The van der Waals surface area contributed by atoms with Gasteiger partial charge in [0.1, 0.15) is 0 Å². The molecule has 0 bridgehead atoms. The summed E-state index contributed by atoms with van der Waals surface area (Å²) in [5, 5.41) is 4.94. The maximum Gasteiger partial charge on any atom is 0.0548 e. The molecule has 0 saturated heterocycles. The first-order valence-electron chi connectivity index (χ1n) is 19.3. The van der Waals surface area contributed by atoms with Gasteiger partial charge in [0.15, 0.2) is 0 Å². The van der Waals surface area contributed by atoms with Crippen molar-refractivity contribution in [3.05, 3.63) is 218 Å². The summed E-state index contributed by atoms with van der Waals surface area (Å²) in [5.74, 6) is 0. The van der Waals surface area contributed by atoms with Gasteiger partial charge in [0.05, 0.1) is 22.1 Å². The van der Waals surface area contributed by atoms with Gasteiger partial charge in [-0.25, -0.2) is 0 Å². The molecule has 0 atom stereocenters. The smallest absolute Gasteiger partial charge is 0.0548 e. The Morgan fingerprint density at radius 1 is 0.196 bits per heavy atom. The Hall–Kier alpha value is -7.42. The summed E-state index contributed by atoms with van der Waals surface area (Å²) in [6.45, 7) is 0. The van der Waals surface area contributed by atoms with Crippen LogP contribution in [0, 0.1) is 0 Å². The number of hydrogen-bond acceptors (Lipinski definition) is 0. The quantitative estimate of drug-likeness (QED) is 0.162. The maximum atomic E-state index is 2.43. The van der Waals surface area contributed by atoms with Crippen molar-refractivity contribution in [2.24, 2.45) is 0 Å². The van der Waals surface area contributed by atoms with E-state index in [-0.39, 0.29) is 0 Å². The standard InChI is InChI=1S/C54H36N2/c1-5-13-37(14-6-1)39-21-25-41(26-22-39)43-29-31-51-47(33-43)49-35-54-50(36-53(49)55(51)45-17-9-3-10-18-45)48-34-44(30-32-52(48)56(54)46-19-11-4-12-20-46)42-27-23-40(24-28-42)38-15-7-2-8-16-38/h1-36H. The SMILES string of the molecule is c1ccc(-c2ccc(-c3ccc4c(c3)c3cc5c(cc3n4-c3ccccc3)c3cc(-c4ccc(-c6ccccc6)cc4)ccc3n5-c3ccccc3)cc2)cc1. The lowest BCUT2D eigenvalue weighted by molar-refractivity contribution is 1.17. The van der Waals surface area contributed by atoms with E-state index in [0.29, 0.717) is 0 Å². The molecular weight excluding hydrogens is 677 g/mol. The molecule has 262 valence electrons. The zero-order valence-electron chi connectivity index (χ0n) is 30.7. The van der Waals surface area contributed by atoms with Crippen LogP contribution in [0.2, 0.25) is 0 Å². The van der Waals surface area contributed by atoms with E-state index in [9.17, 15) is 0 Å². The predicted molar refractivity (Wildman–Crippen MR) is 237 cm³/mol. The van der Waals surface area contributed by atoms with E-state index in [1.807, 2.05) is 0 Å². The molecule has 0 saturated carbocycles. The summed E-state index contributed by atoms with van der Waals surface area (Å²) < 4.78 is 4.87. The number of benzene rings is 9. The molecule has 0 aliphatic rings. The monoisotopic (exact) mass is 712 g/mol. The fourth-order valence-electron chi connectivity index (χ4n) is 8.57. The number of nitrogens with zero attached hydrogens (tertiary/aromatic N) is 2. The summed E-state index contributed by atoms with van der Waals surface area (Å²) >= 11 is 0. The van der Waals surface area contributed by atoms with Gasteiger partial charge in [-0.15, -0.1) is 0 Å². The van der Waals surface area contributed by atoms with Crippen LogP contribution in [0.1, 0.15) is 0 Å². The number of rotatable bonds is 6. The van der Waals surface area contributed by atoms with Gasteiger partial charge in [0, 0.05) is 32.9 Å². The van der Waals surface area contributed by atoms with E-state index in [0.717, 1.165) is 11.4 Å². The molecule has 0 N–H and O–H groups in total. The first-order chi connectivity index (χ1) is 27.8. The van der Waals surface area contributed by atoms with Crippen molar-refractivity contribution in [3.8, 4) is 55.9 Å². The Morgan fingerprint density at radius 3 is 0.821 bits per heavy atom. The number of hydrogen-bond donors (Lipinski definition) is 0. The third kappa shape index (κ3) is 5.34. The largest absolute Gasteiger partial charge is 0.309 e. The van der Waals surface area contributed by atoms with Gasteiger partial charge >= 0.3 is 0 Å². The lowest BCUT2D eigenvalue weighted by Gasteiger charge is -2.09. The van der Waals surface area contributed by atoms with E-state index in [2.05, 4.69) is 228 Å². The molecule has 0 aliphatic heterocycles. The zero-order valence-corrected chi connectivity index (χ0v) is 30.7. The molecule has 2 aromatic heterocycles. The molecule has 0 fully saturated rings. The van der Waals surface area contributed by atoms with Crippen molar-refractivity contribution in [3.63, 3.8) is 0 Å². The molecule has 9 aromatic carbocycles. The van der Waals surface area contributed by atoms with E-state index >= 15 is 0 Å². The molecule has 0 unspecified atom stereocenters. The van der Waals surface area contributed by atoms with Crippen molar-refractivity contribution in [2.45, 2.75) is 0 Å². The van der Waals surface area contributed by atoms with E-state index in [4.69, 9.17) is 0 Å². The summed E-state index contributed by atoms with van der Waals surface area (Å²) in [6.07, 6.45) is 0. The van der Waals surface area contributed by atoms with Crippen LogP contribution in [-0.2, 0) is 0 Å². The molecule has 11 aromatic rings. The van der Waals surface area contributed by atoms with E-state index in [1.54, 1.807) is 0 Å². The highest BCUT2D eigenvalue weighted by Gasteiger charge is 2.20. The third-order valence-corrected chi connectivity index (χ3v) is 11.3. The molecule has 2 heterocycles. The predicted octanol–water partition coefficient (Wildman–Crippen LogP) is 14.5. The summed E-state index contributed by atoms with van der Waals surface area (Å²) in [4.78, 5) is 0. The fourth-order valence-corrected chi connectivity index (χ4v) is 8.57. The first kappa shape index (κ1) is 32.0.